The van der Waals surface area contributed by atoms with Gasteiger partial charge in [0.05, 0.1) is 0 Å². The Hall–Kier alpha value is -0.990. The number of nitrogens with one attached hydrogen (secondary N) is 1. The Morgan fingerprint density at radius 2 is 2.31 bits per heavy atom. The van der Waals surface area contributed by atoms with Crippen molar-refractivity contribution in [3.05, 3.63) is 12.4 Å². The Balaban J connectivity index is 1.89. The monoisotopic (exact) mass is 177 g/mol. The molecule has 1 fully saturated rings. The van der Waals surface area contributed by atoms with Gasteiger partial charge in [-0.3, -0.25) is 0 Å². The van der Waals surface area contributed by atoms with E-state index in [0.717, 1.165) is 11.9 Å². The predicted octanol–water partition coefficient (Wildman–Crippen LogP) is 1.87. The Morgan fingerprint density at radius 1 is 1.38 bits per heavy atom. The fourth-order valence-corrected chi connectivity index (χ4v) is 2.63. The summed E-state index contributed by atoms with van der Waals surface area (Å²) in [7, 11) is 0. The number of rotatable bonds is 0. The summed E-state index contributed by atoms with van der Waals surface area (Å²) in [6, 6.07) is 0.698. The summed E-state index contributed by atoms with van der Waals surface area (Å²) in [6.45, 7) is 1.17. The number of nitrogens with zero attached hydrogens (tertiary/aromatic N) is 2. The van der Waals surface area contributed by atoms with E-state index in [2.05, 4.69) is 21.1 Å². The molecule has 13 heavy (non-hydrogen) atoms. The summed E-state index contributed by atoms with van der Waals surface area (Å²) in [5, 5.41) is 3.53. The average molecular weight is 177 g/mol. The Labute approximate surface area is 78.2 Å². The minimum atomic E-state index is 0.698. The average Bonchev–Trinajstić information content (AvgIpc) is 2.61. The van der Waals surface area contributed by atoms with Crippen LogP contribution in [0.1, 0.15) is 25.7 Å². The smallest absolute Gasteiger partial charge is 0.203 e. The minimum absolute atomic E-state index is 0.698. The first-order chi connectivity index (χ1) is 6.43. The van der Waals surface area contributed by atoms with E-state index in [1.165, 1.54) is 32.2 Å². The summed E-state index contributed by atoms with van der Waals surface area (Å²) in [6.07, 6.45) is 9.47. The van der Waals surface area contributed by atoms with Gasteiger partial charge in [0.2, 0.25) is 5.95 Å². The second kappa shape index (κ2) is 2.76. The SMILES string of the molecule is c1cn2c(n1)NC1CCCCC1C2. The van der Waals surface area contributed by atoms with Crippen molar-refractivity contribution in [2.45, 2.75) is 38.3 Å². The maximum absolute atomic E-state index is 4.30. The van der Waals surface area contributed by atoms with Crippen LogP contribution in [0.25, 0.3) is 0 Å². The fraction of sp³-hybridized carbons (Fsp3) is 0.700. The topological polar surface area (TPSA) is 29.9 Å². The van der Waals surface area contributed by atoms with E-state index in [4.69, 9.17) is 0 Å². The minimum Gasteiger partial charge on any atom is -0.353 e. The maximum Gasteiger partial charge on any atom is 0.203 e. The lowest BCUT2D eigenvalue weighted by atomic mass is 9.83. The Morgan fingerprint density at radius 3 is 3.31 bits per heavy atom. The van der Waals surface area contributed by atoms with Gasteiger partial charge < -0.3 is 9.88 Å². The van der Waals surface area contributed by atoms with Crippen molar-refractivity contribution in [2.24, 2.45) is 5.92 Å². The van der Waals surface area contributed by atoms with Gasteiger partial charge >= 0.3 is 0 Å². The summed E-state index contributed by atoms with van der Waals surface area (Å²) >= 11 is 0. The van der Waals surface area contributed by atoms with E-state index in [-0.39, 0.29) is 0 Å². The molecule has 2 unspecified atom stereocenters. The Bertz CT molecular complexity index is 276. The summed E-state index contributed by atoms with van der Waals surface area (Å²) in [4.78, 5) is 4.30. The van der Waals surface area contributed by atoms with Crippen LogP contribution in [-0.2, 0) is 6.54 Å². The first kappa shape index (κ1) is 7.42. The molecule has 1 saturated carbocycles. The van der Waals surface area contributed by atoms with E-state index in [0.29, 0.717) is 6.04 Å². The van der Waals surface area contributed by atoms with Crippen LogP contribution in [0.2, 0.25) is 0 Å². The zero-order chi connectivity index (χ0) is 8.67. The zero-order valence-electron chi connectivity index (χ0n) is 7.74. The van der Waals surface area contributed by atoms with Crippen molar-refractivity contribution < 1.29 is 0 Å². The predicted molar refractivity (Wildman–Crippen MR) is 51.6 cm³/mol. The third kappa shape index (κ3) is 1.14. The van der Waals surface area contributed by atoms with Gasteiger partial charge in [-0.2, -0.15) is 0 Å². The molecule has 2 heterocycles. The molecule has 0 spiro atoms. The molecule has 3 nitrogen and oxygen atoms in total. The third-order valence-electron chi connectivity index (χ3n) is 3.37. The number of fused-ring (bicyclic) bond motifs is 2. The third-order valence-corrected chi connectivity index (χ3v) is 3.37. The van der Waals surface area contributed by atoms with Gasteiger partial charge in [-0.15, -0.1) is 0 Å². The van der Waals surface area contributed by atoms with E-state index in [9.17, 15) is 0 Å². The van der Waals surface area contributed by atoms with Crippen molar-refractivity contribution in [3.63, 3.8) is 0 Å². The molecule has 3 heteroatoms. The van der Waals surface area contributed by atoms with Crippen LogP contribution in [0.5, 0.6) is 0 Å². The highest BCUT2D eigenvalue weighted by molar-refractivity contribution is 5.30. The highest BCUT2D eigenvalue weighted by Gasteiger charge is 2.30. The largest absolute Gasteiger partial charge is 0.353 e. The molecule has 1 aliphatic heterocycles. The zero-order valence-corrected chi connectivity index (χ0v) is 7.74. The molecule has 2 atom stereocenters. The van der Waals surface area contributed by atoms with Crippen molar-refractivity contribution in [3.8, 4) is 0 Å². The van der Waals surface area contributed by atoms with Gasteiger partial charge in [0.1, 0.15) is 0 Å². The normalized spacial score (nSPS) is 31.7. The lowest BCUT2D eigenvalue weighted by Gasteiger charge is -2.36. The molecular weight excluding hydrogens is 162 g/mol. The van der Waals surface area contributed by atoms with Crippen LogP contribution in [0.4, 0.5) is 5.95 Å². The van der Waals surface area contributed by atoms with Crippen LogP contribution in [0, 0.1) is 5.92 Å². The molecule has 0 bridgehead atoms. The van der Waals surface area contributed by atoms with Gasteiger partial charge in [0.25, 0.3) is 0 Å². The quantitative estimate of drug-likeness (QED) is 0.655. The number of imidazole rings is 1. The summed E-state index contributed by atoms with van der Waals surface area (Å²) in [5.41, 5.74) is 0. The number of hydrogen-bond donors (Lipinski definition) is 1. The molecule has 3 rings (SSSR count). The lowest BCUT2D eigenvalue weighted by molar-refractivity contribution is 0.273. The summed E-state index contributed by atoms with van der Waals surface area (Å²) in [5.74, 6) is 1.92. The second-order valence-electron chi connectivity index (χ2n) is 4.20. The van der Waals surface area contributed by atoms with Gasteiger partial charge in [-0.25, -0.2) is 4.98 Å². The molecular formula is C10H15N3. The standard InChI is InChI=1S/C10H15N3/c1-2-4-9-8(3-1)7-13-6-5-11-10(13)12-9/h5-6,8-9H,1-4,7H2,(H,11,12). The first-order valence-electron chi connectivity index (χ1n) is 5.21. The lowest BCUT2D eigenvalue weighted by Crippen LogP contribution is -2.39. The molecule has 2 aliphatic rings. The molecule has 70 valence electrons. The number of aromatic nitrogens is 2. The van der Waals surface area contributed by atoms with E-state index < -0.39 is 0 Å². The van der Waals surface area contributed by atoms with E-state index >= 15 is 0 Å². The van der Waals surface area contributed by atoms with Crippen molar-refractivity contribution in [1.82, 2.24) is 9.55 Å². The molecule has 1 aromatic heterocycles. The van der Waals surface area contributed by atoms with Crippen LogP contribution in [-0.4, -0.2) is 15.6 Å². The van der Waals surface area contributed by atoms with E-state index in [1.54, 1.807) is 0 Å². The highest BCUT2D eigenvalue weighted by atomic mass is 15.2. The summed E-state index contributed by atoms with van der Waals surface area (Å²) < 4.78 is 2.24. The van der Waals surface area contributed by atoms with Gasteiger partial charge in [-0.05, 0) is 18.8 Å². The molecule has 0 amide bonds. The molecule has 1 N–H and O–H groups in total. The van der Waals surface area contributed by atoms with Crippen LogP contribution >= 0.6 is 0 Å². The molecule has 1 aliphatic carbocycles. The highest BCUT2D eigenvalue weighted by Crippen LogP contribution is 2.31. The van der Waals surface area contributed by atoms with Gasteiger partial charge in [-0.1, -0.05) is 12.8 Å². The van der Waals surface area contributed by atoms with Crippen LogP contribution in [0.3, 0.4) is 0 Å². The van der Waals surface area contributed by atoms with Gasteiger partial charge in [0.15, 0.2) is 0 Å². The van der Waals surface area contributed by atoms with Crippen molar-refractivity contribution in [1.29, 1.82) is 0 Å². The number of hydrogen-bond acceptors (Lipinski definition) is 2. The van der Waals surface area contributed by atoms with Crippen molar-refractivity contribution in [2.75, 3.05) is 5.32 Å². The molecule has 0 radical (unpaired) electrons. The molecule has 0 aromatic carbocycles. The molecule has 1 aromatic rings. The van der Waals surface area contributed by atoms with Crippen LogP contribution < -0.4 is 5.32 Å². The first-order valence-corrected chi connectivity index (χ1v) is 5.21. The van der Waals surface area contributed by atoms with Crippen molar-refractivity contribution >= 4 is 5.95 Å². The number of anilines is 1. The molecule has 0 saturated heterocycles. The Kier molecular flexibility index (Phi) is 1.57. The van der Waals surface area contributed by atoms with Crippen LogP contribution in [0.15, 0.2) is 12.4 Å². The van der Waals surface area contributed by atoms with Gasteiger partial charge in [0, 0.05) is 25.0 Å². The van der Waals surface area contributed by atoms with E-state index in [1.807, 2.05) is 6.20 Å². The second-order valence-corrected chi connectivity index (χ2v) is 4.20. The fourth-order valence-electron chi connectivity index (χ4n) is 2.63. The maximum atomic E-state index is 4.30.